The number of hydrogen-bond donors (Lipinski definition) is 1. The van der Waals surface area contributed by atoms with Crippen LogP contribution in [0.4, 0.5) is 0 Å². The molecule has 1 aliphatic rings. The first-order valence-electron chi connectivity index (χ1n) is 6.74. The maximum Gasteiger partial charge on any atom is 0.156 e. The van der Waals surface area contributed by atoms with E-state index in [-0.39, 0.29) is 0 Å². The Morgan fingerprint density at radius 3 is 3.00 bits per heavy atom. The van der Waals surface area contributed by atoms with E-state index in [4.69, 9.17) is 4.74 Å². The zero-order valence-electron chi connectivity index (χ0n) is 11.4. The van der Waals surface area contributed by atoms with Crippen molar-refractivity contribution in [3.8, 4) is 0 Å². The number of amidine groups is 1. The van der Waals surface area contributed by atoms with Gasteiger partial charge in [0.05, 0.1) is 0 Å². The molecule has 1 saturated heterocycles. The van der Waals surface area contributed by atoms with Gasteiger partial charge in [0.1, 0.15) is 0 Å². The van der Waals surface area contributed by atoms with Crippen LogP contribution in [0.1, 0.15) is 40.0 Å². The minimum Gasteiger partial charge on any atom is -0.381 e. The summed E-state index contributed by atoms with van der Waals surface area (Å²) in [6.07, 6.45) is 3.37. The molecule has 4 heteroatoms. The van der Waals surface area contributed by atoms with Crippen LogP contribution >= 0.6 is 11.8 Å². The number of aliphatic imine (C=N–C) groups is 1. The summed E-state index contributed by atoms with van der Waals surface area (Å²) in [4.78, 5) is 4.57. The Labute approximate surface area is 110 Å². The van der Waals surface area contributed by atoms with Gasteiger partial charge in [0.15, 0.2) is 5.17 Å². The van der Waals surface area contributed by atoms with Gasteiger partial charge in [-0.25, -0.2) is 0 Å². The van der Waals surface area contributed by atoms with Crippen LogP contribution in [0.2, 0.25) is 0 Å². The lowest BCUT2D eigenvalue weighted by molar-refractivity contribution is 0.134. The SMILES string of the molecule is CCCOCCCN=C1NC(CC(C)C)CS1. The third-order valence-electron chi connectivity index (χ3n) is 2.56. The van der Waals surface area contributed by atoms with Gasteiger partial charge in [0.25, 0.3) is 0 Å². The third kappa shape index (κ3) is 6.94. The van der Waals surface area contributed by atoms with E-state index in [1.807, 2.05) is 11.8 Å². The predicted octanol–water partition coefficient (Wildman–Crippen LogP) is 2.91. The van der Waals surface area contributed by atoms with E-state index in [1.54, 1.807) is 0 Å². The van der Waals surface area contributed by atoms with E-state index in [2.05, 4.69) is 31.1 Å². The Bertz CT molecular complexity index is 231. The molecule has 1 atom stereocenters. The topological polar surface area (TPSA) is 33.6 Å². The van der Waals surface area contributed by atoms with E-state index in [9.17, 15) is 0 Å². The lowest BCUT2D eigenvalue weighted by Gasteiger charge is -2.11. The van der Waals surface area contributed by atoms with E-state index in [1.165, 1.54) is 12.2 Å². The third-order valence-corrected chi connectivity index (χ3v) is 3.64. The van der Waals surface area contributed by atoms with Gasteiger partial charge >= 0.3 is 0 Å². The van der Waals surface area contributed by atoms with E-state index >= 15 is 0 Å². The Morgan fingerprint density at radius 1 is 1.47 bits per heavy atom. The van der Waals surface area contributed by atoms with Crippen LogP contribution in [-0.2, 0) is 4.74 Å². The average Bonchev–Trinajstić information content (AvgIpc) is 2.70. The van der Waals surface area contributed by atoms with Crippen molar-refractivity contribution in [2.45, 2.75) is 46.1 Å². The lowest BCUT2D eigenvalue weighted by atomic mass is 10.1. The van der Waals surface area contributed by atoms with Crippen LogP contribution < -0.4 is 5.32 Å². The highest BCUT2D eigenvalue weighted by atomic mass is 32.2. The van der Waals surface area contributed by atoms with Gasteiger partial charge in [-0.3, -0.25) is 4.99 Å². The normalized spacial score (nSPS) is 22.4. The highest BCUT2D eigenvalue weighted by molar-refractivity contribution is 8.14. The second-order valence-corrected chi connectivity index (χ2v) is 5.94. The maximum atomic E-state index is 5.42. The zero-order valence-corrected chi connectivity index (χ0v) is 12.2. The van der Waals surface area contributed by atoms with Crippen molar-refractivity contribution in [3.63, 3.8) is 0 Å². The number of thioether (sulfide) groups is 1. The molecule has 0 amide bonds. The van der Waals surface area contributed by atoms with Crippen LogP contribution in [0.25, 0.3) is 0 Å². The summed E-state index contributed by atoms with van der Waals surface area (Å²) in [5.41, 5.74) is 0. The molecule has 0 radical (unpaired) electrons. The molecule has 1 rings (SSSR count). The van der Waals surface area contributed by atoms with Gasteiger partial charge in [-0.15, -0.1) is 0 Å². The van der Waals surface area contributed by atoms with Crippen LogP contribution in [-0.4, -0.2) is 36.7 Å². The van der Waals surface area contributed by atoms with Crippen molar-refractivity contribution in [2.24, 2.45) is 10.9 Å². The Hall–Kier alpha value is -0.220. The number of nitrogens with zero attached hydrogens (tertiary/aromatic N) is 1. The first kappa shape index (κ1) is 14.8. The minimum atomic E-state index is 0.620. The van der Waals surface area contributed by atoms with Gasteiger partial charge in [-0.05, 0) is 25.2 Å². The van der Waals surface area contributed by atoms with E-state index < -0.39 is 0 Å². The molecule has 1 unspecified atom stereocenters. The minimum absolute atomic E-state index is 0.620. The fourth-order valence-corrected chi connectivity index (χ4v) is 2.83. The summed E-state index contributed by atoms with van der Waals surface area (Å²) in [6.45, 7) is 9.27. The molecule has 3 nitrogen and oxygen atoms in total. The number of nitrogens with one attached hydrogen (secondary N) is 1. The molecule has 0 aliphatic carbocycles. The smallest absolute Gasteiger partial charge is 0.156 e. The first-order chi connectivity index (χ1) is 8.22. The number of ether oxygens (including phenoxy) is 1. The van der Waals surface area contributed by atoms with Crippen LogP contribution in [0, 0.1) is 5.92 Å². The van der Waals surface area contributed by atoms with E-state index in [0.29, 0.717) is 6.04 Å². The van der Waals surface area contributed by atoms with E-state index in [0.717, 1.165) is 43.7 Å². The Kier molecular flexibility index (Phi) is 7.69. The first-order valence-corrected chi connectivity index (χ1v) is 7.72. The molecule has 0 spiro atoms. The fourth-order valence-electron chi connectivity index (χ4n) is 1.82. The molecular weight excluding hydrogens is 232 g/mol. The molecule has 0 bridgehead atoms. The van der Waals surface area contributed by atoms with Gasteiger partial charge in [0.2, 0.25) is 0 Å². The van der Waals surface area contributed by atoms with Crippen molar-refractivity contribution in [1.82, 2.24) is 5.32 Å². The summed E-state index contributed by atoms with van der Waals surface area (Å²) in [5, 5.41) is 4.63. The molecule has 1 aliphatic heterocycles. The number of rotatable bonds is 8. The monoisotopic (exact) mass is 258 g/mol. The summed E-state index contributed by atoms with van der Waals surface area (Å²) in [5.74, 6) is 1.93. The van der Waals surface area contributed by atoms with Gasteiger partial charge < -0.3 is 10.1 Å². The molecule has 1 fully saturated rings. The molecule has 100 valence electrons. The standard InChI is InChI=1S/C13H26N2OS/c1-4-7-16-8-5-6-14-13-15-12(10-17-13)9-11(2)3/h11-12H,4-10H2,1-3H3,(H,14,15). The molecule has 17 heavy (non-hydrogen) atoms. The second kappa shape index (κ2) is 8.81. The maximum absolute atomic E-state index is 5.42. The highest BCUT2D eigenvalue weighted by Crippen LogP contribution is 2.18. The number of hydrogen-bond acceptors (Lipinski definition) is 3. The average molecular weight is 258 g/mol. The van der Waals surface area contributed by atoms with Crippen LogP contribution in [0.5, 0.6) is 0 Å². The molecule has 0 aromatic heterocycles. The van der Waals surface area contributed by atoms with Gasteiger partial charge in [-0.1, -0.05) is 32.5 Å². The molecule has 0 saturated carbocycles. The summed E-state index contributed by atoms with van der Waals surface area (Å²) in [7, 11) is 0. The van der Waals surface area contributed by atoms with Crippen molar-refractivity contribution in [3.05, 3.63) is 0 Å². The Morgan fingerprint density at radius 2 is 2.29 bits per heavy atom. The summed E-state index contributed by atoms with van der Waals surface area (Å²) < 4.78 is 5.42. The van der Waals surface area contributed by atoms with Crippen molar-refractivity contribution < 1.29 is 4.74 Å². The van der Waals surface area contributed by atoms with Gasteiger partial charge in [0, 0.05) is 31.6 Å². The summed E-state index contributed by atoms with van der Waals surface area (Å²) in [6, 6.07) is 0.620. The zero-order chi connectivity index (χ0) is 12.5. The molecule has 0 aromatic carbocycles. The highest BCUT2D eigenvalue weighted by Gasteiger charge is 2.20. The van der Waals surface area contributed by atoms with Crippen LogP contribution in [0.3, 0.4) is 0 Å². The summed E-state index contributed by atoms with van der Waals surface area (Å²) >= 11 is 1.86. The molecule has 0 aromatic rings. The lowest BCUT2D eigenvalue weighted by Crippen LogP contribution is -2.28. The second-order valence-electron chi connectivity index (χ2n) is 4.93. The predicted molar refractivity (Wildman–Crippen MR) is 76.9 cm³/mol. The molecule has 1 N–H and O–H groups in total. The van der Waals surface area contributed by atoms with Crippen molar-refractivity contribution >= 4 is 16.9 Å². The molecular formula is C13H26N2OS. The van der Waals surface area contributed by atoms with Crippen molar-refractivity contribution in [2.75, 3.05) is 25.5 Å². The largest absolute Gasteiger partial charge is 0.381 e. The van der Waals surface area contributed by atoms with Crippen molar-refractivity contribution in [1.29, 1.82) is 0 Å². The molecule has 1 heterocycles. The van der Waals surface area contributed by atoms with Gasteiger partial charge in [-0.2, -0.15) is 0 Å². The van der Waals surface area contributed by atoms with Crippen LogP contribution in [0.15, 0.2) is 4.99 Å². The quantitative estimate of drug-likeness (QED) is 0.680. The Balaban J connectivity index is 2.07. The fraction of sp³-hybridized carbons (Fsp3) is 0.923.